The number of hydrogen-bond donors (Lipinski definition) is 1. The van der Waals surface area contributed by atoms with Crippen molar-refractivity contribution in [2.75, 3.05) is 31.6 Å². The zero-order valence-electron chi connectivity index (χ0n) is 24.1. The Hall–Kier alpha value is -3.07. The molecule has 1 N–H and O–H groups in total. The van der Waals surface area contributed by atoms with Gasteiger partial charge in [0.05, 0.1) is 29.2 Å². The Morgan fingerprint density at radius 3 is 2.40 bits per heavy atom. The Bertz CT molecular complexity index is 1350. The van der Waals surface area contributed by atoms with E-state index in [-0.39, 0.29) is 42.0 Å². The molecule has 1 spiro atoms. The average Bonchev–Trinajstić information content (AvgIpc) is 3.58. The van der Waals surface area contributed by atoms with Crippen LogP contribution in [-0.4, -0.2) is 81.5 Å². The first kappa shape index (κ1) is 30.4. The average molecular weight is 608 g/mol. The molecule has 3 fully saturated rings. The van der Waals surface area contributed by atoms with E-state index in [1.165, 1.54) is 0 Å². The zero-order chi connectivity index (χ0) is 30.2. The van der Waals surface area contributed by atoms with Crippen molar-refractivity contribution in [1.82, 2.24) is 9.80 Å². The van der Waals surface area contributed by atoms with Gasteiger partial charge in [-0.15, -0.1) is 24.9 Å². The Morgan fingerprint density at radius 1 is 1.12 bits per heavy atom. The van der Waals surface area contributed by atoms with Crippen molar-refractivity contribution >= 4 is 46.8 Å². The maximum atomic E-state index is 14.9. The van der Waals surface area contributed by atoms with Gasteiger partial charge >= 0.3 is 0 Å². The van der Waals surface area contributed by atoms with E-state index >= 15 is 0 Å². The van der Waals surface area contributed by atoms with Crippen LogP contribution in [0.1, 0.15) is 18.9 Å². The molecule has 9 heteroatoms. The van der Waals surface area contributed by atoms with Gasteiger partial charge in [-0.1, -0.05) is 61.0 Å². The first-order chi connectivity index (χ1) is 20.2. The van der Waals surface area contributed by atoms with E-state index in [1.807, 2.05) is 30.3 Å². The highest BCUT2D eigenvalue weighted by Crippen LogP contribution is 2.69. The number of carbonyl (C=O) groups is 3. The number of nitrogens with zero attached hydrogens (tertiary/aromatic N) is 3. The molecule has 0 aliphatic carbocycles. The molecule has 7 atom stereocenters. The summed E-state index contributed by atoms with van der Waals surface area (Å²) in [4.78, 5) is 48.3. The van der Waals surface area contributed by atoms with Gasteiger partial charge in [-0.2, -0.15) is 0 Å². The molecule has 3 heterocycles. The summed E-state index contributed by atoms with van der Waals surface area (Å²) in [5, 5.41) is 11.2. The fraction of sp³-hybridized carbons (Fsp3) is 0.424. The molecule has 3 aliphatic heterocycles. The lowest BCUT2D eigenvalue weighted by atomic mass is 9.65. The number of fused-ring (bicyclic) bond motifs is 1. The largest absolute Gasteiger partial charge is 0.394 e. The van der Waals surface area contributed by atoms with Gasteiger partial charge in [0, 0.05) is 36.1 Å². The van der Waals surface area contributed by atoms with Crippen LogP contribution in [0.2, 0.25) is 5.02 Å². The van der Waals surface area contributed by atoms with Gasteiger partial charge < -0.3 is 19.8 Å². The Balaban J connectivity index is 1.63. The molecule has 42 heavy (non-hydrogen) atoms. The van der Waals surface area contributed by atoms with Gasteiger partial charge in [0.1, 0.15) is 6.04 Å². The number of aliphatic hydroxyl groups excluding tert-OH is 1. The number of anilines is 1. The summed E-state index contributed by atoms with van der Waals surface area (Å²) in [6, 6.07) is 15.2. The van der Waals surface area contributed by atoms with Crippen molar-refractivity contribution in [2.45, 2.75) is 41.8 Å². The summed E-state index contributed by atoms with van der Waals surface area (Å²) in [6.07, 6.45) is 4.45. The summed E-state index contributed by atoms with van der Waals surface area (Å²) in [7, 11) is 1.73. The number of likely N-dealkylation sites (N-methyl/N-ethyl adjacent to an activating group) is 1. The SMILES string of the molecule is C=CCN(C)C(=O)[C@@H]1[C@H]2C(=O)N([C@@H](CO)Cc3ccccc3)C(C(=O)N(CC=C)c3ccc(Cl)cc3)C23S[C@@H]1CC3C. The lowest BCUT2D eigenvalue weighted by Gasteiger charge is -2.42. The number of aliphatic hydroxyl groups is 1. The molecular formula is C33H38ClN3O4S. The maximum absolute atomic E-state index is 14.9. The van der Waals surface area contributed by atoms with Crippen LogP contribution in [0.25, 0.3) is 0 Å². The minimum atomic E-state index is -0.876. The van der Waals surface area contributed by atoms with E-state index < -0.39 is 28.7 Å². The maximum Gasteiger partial charge on any atom is 0.251 e. The topological polar surface area (TPSA) is 81.2 Å². The molecule has 3 aliphatic rings. The van der Waals surface area contributed by atoms with Crippen LogP contribution in [-0.2, 0) is 20.8 Å². The van der Waals surface area contributed by atoms with Gasteiger partial charge in [-0.25, -0.2) is 0 Å². The number of benzene rings is 2. The number of halogens is 1. The summed E-state index contributed by atoms with van der Waals surface area (Å²) in [5.41, 5.74) is 1.60. The molecule has 222 valence electrons. The summed E-state index contributed by atoms with van der Waals surface area (Å²) in [5.74, 6) is -1.80. The van der Waals surface area contributed by atoms with Crippen molar-refractivity contribution in [3.05, 3.63) is 90.5 Å². The molecule has 0 saturated carbocycles. The molecule has 0 aromatic heterocycles. The lowest BCUT2D eigenvalue weighted by Crippen LogP contribution is -2.59. The molecule has 0 radical (unpaired) electrons. The number of thioether (sulfide) groups is 1. The summed E-state index contributed by atoms with van der Waals surface area (Å²) < 4.78 is -0.815. The van der Waals surface area contributed by atoms with E-state index in [1.54, 1.807) is 69.9 Å². The van der Waals surface area contributed by atoms with E-state index in [4.69, 9.17) is 11.6 Å². The number of hydrogen-bond acceptors (Lipinski definition) is 5. The second-order valence-electron chi connectivity index (χ2n) is 11.5. The van der Waals surface area contributed by atoms with E-state index in [0.29, 0.717) is 23.7 Å². The third kappa shape index (κ3) is 4.97. The normalized spacial score (nSPS) is 28.3. The number of rotatable bonds is 11. The third-order valence-corrected chi connectivity index (χ3v) is 11.4. The number of carbonyl (C=O) groups excluding carboxylic acids is 3. The van der Waals surface area contributed by atoms with Crippen LogP contribution in [0, 0.1) is 17.8 Å². The van der Waals surface area contributed by atoms with Crippen molar-refractivity contribution in [1.29, 1.82) is 0 Å². The second kappa shape index (κ2) is 12.3. The highest BCUT2D eigenvalue weighted by atomic mass is 35.5. The van der Waals surface area contributed by atoms with Gasteiger partial charge in [-0.05, 0) is 48.6 Å². The van der Waals surface area contributed by atoms with Gasteiger partial charge in [-0.3, -0.25) is 14.4 Å². The molecule has 3 amide bonds. The predicted molar refractivity (Wildman–Crippen MR) is 168 cm³/mol. The minimum Gasteiger partial charge on any atom is -0.394 e. The molecule has 3 unspecified atom stereocenters. The fourth-order valence-electron chi connectivity index (χ4n) is 7.31. The molecule has 5 rings (SSSR count). The van der Waals surface area contributed by atoms with Gasteiger partial charge in [0.2, 0.25) is 11.8 Å². The molecule has 2 bridgehead atoms. The predicted octanol–water partition coefficient (Wildman–Crippen LogP) is 4.44. The van der Waals surface area contributed by atoms with E-state index in [0.717, 1.165) is 12.0 Å². The lowest BCUT2D eigenvalue weighted by molar-refractivity contribution is -0.145. The van der Waals surface area contributed by atoms with Gasteiger partial charge in [0.25, 0.3) is 5.91 Å². The standard InChI is InChI=1S/C33H38ClN3O4S/c1-5-16-35(4)30(39)27-26-18-21(3)33(42-26)28(27)31(40)37(25(20-38)19-22-10-8-7-9-11-22)29(33)32(41)36(17-6-2)24-14-12-23(34)13-15-24/h5-15,21,25-29,38H,1-2,16-20H2,3-4H3/t21?,25-,26-,27+,28+,29?,33?/m1/s1. The van der Waals surface area contributed by atoms with Gasteiger partial charge in [0.15, 0.2) is 0 Å². The highest BCUT2D eigenvalue weighted by molar-refractivity contribution is 8.02. The van der Waals surface area contributed by atoms with Crippen LogP contribution in [0.15, 0.2) is 79.9 Å². The highest BCUT2D eigenvalue weighted by Gasteiger charge is 2.77. The fourth-order valence-corrected chi connectivity index (χ4v) is 9.83. The van der Waals surface area contributed by atoms with Crippen LogP contribution in [0.3, 0.4) is 0 Å². The number of amides is 3. The van der Waals surface area contributed by atoms with Crippen molar-refractivity contribution in [3.8, 4) is 0 Å². The Labute approximate surface area is 257 Å². The second-order valence-corrected chi connectivity index (χ2v) is 13.5. The van der Waals surface area contributed by atoms with Crippen molar-refractivity contribution in [3.63, 3.8) is 0 Å². The molecule has 2 aromatic rings. The Morgan fingerprint density at radius 2 is 1.79 bits per heavy atom. The smallest absolute Gasteiger partial charge is 0.251 e. The first-order valence-electron chi connectivity index (χ1n) is 14.4. The monoisotopic (exact) mass is 607 g/mol. The van der Waals surface area contributed by atoms with Crippen LogP contribution in [0.4, 0.5) is 5.69 Å². The molecular weight excluding hydrogens is 570 g/mol. The summed E-state index contributed by atoms with van der Waals surface area (Å²) in [6.45, 7) is 10.0. The molecule has 7 nitrogen and oxygen atoms in total. The zero-order valence-corrected chi connectivity index (χ0v) is 25.6. The van der Waals surface area contributed by atoms with Crippen molar-refractivity contribution < 1.29 is 19.5 Å². The molecule has 2 aromatic carbocycles. The van der Waals surface area contributed by atoms with Crippen LogP contribution < -0.4 is 4.90 Å². The summed E-state index contributed by atoms with van der Waals surface area (Å²) >= 11 is 7.79. The quantitative estimate of drug-likeness (QED) is 0.382. The third-order valence-electron chi connectivity index (χ3n) is 9.12. The van der Waals surface area contributed by atoms with Crippen molar-refractivity contribution in [2.24, 2.45) is 17.8 Å². The number of likely N-dealkylation sites (tertiary alicyclic amines) is 1. The van der Waals surface area contributed by atoms with E-state index in [2.05, 4.69) is 20.1 Å². The van der Waals surface area contributed by atoms with E-state index in [9.17, 15) is 19.5 Å². The van der Waals surface area contributed by atoms with Crippen LogP contribution >= 0.6 is 23.4 Å². The van der Waals surface area contributed by atoms with Crippen LogP contribution in [0.5, 0.6) is 0 Å². The molecule has 3 saturated heterocycles. The minimum absolute atomic E-state index is 0.000951. The first-order valence-corrected chi connectivity index (χ1v) is 15.6. The Kier molecular flexibility index (Phi) is 8.88.